The fourth-order valence-corrected chi connectivity index (χ4v) is 2.17. The zero-order valence-electron chi connectivity index (χ0n) is 13.6. The Morgan fingerprint density at radius 3 is 2.14 bits per heavy atom. The van der Waals surface area contributed by atoms with Gasteiger partial charge in [0.05, 0.1) is 13.2 Å². The summed E-state index contributed by atoms with van der Waals surface area (Å²) in [6.07, 6.45) is 1.52. The Labute approximate surface area is 127 Å². The standard InChI is InChI=1S/C15H28N4O2/c1-5-20-9-7-19(8-10-21-6-2)15-13(12(3)4)14(16)17-11-18-15/h11-12H,5-10H2,1-4H3,(H2,16,17,18). The average Bonchev–Trinajstić information content (AvgIpc) is 2.45. The molecule has 0 bridgehead atoms. The van der Waals surface area contributed by atoms with E-state index < -0.39 is 0 Å². The molecule has 0 aliphatic rings. The van der Waals surface area contributed by atoms with Gasteiger partial charge in [0, 0.05) is 31.9 Å². The van der Waals surface area contributed by atoms with Crippen LogP contribution in [0.1, 0.15) is 39.2 Å². The van der Waals surface area contributed by atoms with Crippen LogP contribution in [0.25, 0.3) is 0 Å². The Kier molecular flexibility index (Phi) is 8.00. The normalized spacial score (nSPS) is 11.1. The van der Waals surface area contributed by atoms with Crippen LogP contribution in [0.4, 0.5) is 11.6 Å². The molecule has 0 aliphatic carbocycles. The second kappa shape index (κ2) is 9.52. The maximum Gasteiger partial charge on any atom is 0.137 e. The van der Waals surface area contributed by atoms with Crippen LogP contribution < -0.4 is 10.6 Å². The molecule has 0 spiro atoms. The second-order valence-electron chi connectivity index (χ2n) is 5.03. The molecule has 1 rings (SSSR count). The van der Waals surface area contributed by atoms with Crippen molar-refractivity contribution >= 4 is 11.6 Å². The lowest BCUT2D eigenvalue weighted by molar-refractivity contribution is 0.141. The third-order valence-corrected chi connectivity index (χ3v) is 3.19. The molecule has 0 unspecified atom stereocenters. The number of ether oxygens (including phenoxy) is 2. The lowest BCUT2D eigenvalue weighted by Gasteiger charge is -2.27. The predicted molar refractivity (Wildman–Crippen MR) is 85.7 cm³/mol. The zero-order chi connectivity index (χ0) is 15.7. The summed E-state index contributed by atoms with van der Waals surface area (Å²) in [4.78, 5) is 10.7. The highest BCUT2D eigenvalue weighted by molar-refractivity contribution is 5.58. The molecular formula is C15H28N4O2. The van der Waals surface area contributed by atoms with E-state index in [1.165, 1.54) is 6.33 Å². The van der Waals surface area contributed by atoms with E-state index in [1.54, 1.807) is 0 Å². The summed E-state index contributed by atoms with van der Waals surface area (Å²) in [6, 6.07) is 0. The SMILES string of the molecule is CCOCCN(CCOCC)c1ncnc(N)c1C(C)C. The first-order valence-corrected chi connectivity index (χ1v) is 7.62. The quantitative estimate of drug-likeness (QED) is 0.666. The summed E-state index contributed by atoms with van der Waals surface area (Å²) in [5.41, 5.74) is 7.02. The smallest absolute Gasteiger partial charge is 0.137 e. The third kappa shape index (κ3) is 5.47. The van der Waals surface area contributed by atoms with E-state index in [2.05, 4.69) is 28.7 Å². The molecule has 0 aliphatic heterocycles. The van der Waals surface area contributed by atoms with Crippen molar-refractivity contribution in [2.24, 2.45) is 0 Å². The van der Waals surface area contributed by atoms with Gasteiger partial charge in [-0.15, -0.1) is 0 Å². The number of nitrogen functional groups attached to an aromatic ring is 1. The van der Waals surface area contributed by atoms with Crippen LogP contribution in [0, 0.1) is 0 Å². The summed E-state index contributed by atoms with van der Waals surface area (Å²) in [5.74, 6) is 1.70. The lowest BCUT2D eigenvalue weighted by atomic mass is 10.0. The van der Waals surface area contributed by atoms with E-state index in [4.69, 9.17) is 15.2 Å². The molecule has 6 nitrogen and oxygen atoms in total. The Bertz CT molecular complexity index is 403. The molecule has 0 aromatic carbocycles. The molecule has 0 amide bonds. The fraction of sp³-hybridized carbons (Fsp3) is 0.733. The van der Waals surface area contributed by atoms with Crippen molar-refractivity contribution in [1.29, 1.82) is 0 Å². The number of nitrogens with two attached hydrogens (primary N) is 1. The van der Waals surface area contributed by atoms with Crippen molar-refractivity contribution in [2.75, 3.05) is 50.2 Å². The first kappa shape index (κ1) is 17.7. The van der Waals surface area contributed by atoms with Gasteiger partial charge < -0.3 is 20.1 Å². The second-order valence-corrected chi connectivity index (χ2v) is 5.03. The highest BCUT2D eigenvalue weighted by Gasteiger charge is 2.18. The summed E-state index contributed by atoms with van der Waals surface area (Å²) < 4.78 is 10.9. The van der Waals surface area contributed by atoms with Crippen LogP contribution in [0.5, 0.6) is 0 Å². The molecule has 1 aromatic heterocycles. The van der Waals surface area contributed by atoms with Crippen molar-refractivity contribution in [3.63, 3.8) is 0 Å². The number of hydrogen-bond donors (Lipinski definition) is 1. The van der Waals surface area contributed by atoms with Gasteiger partial charge in [0.2, 0.25) is 0 Å². The van der Waals surface area contributed by atoms with Crippen LogP contribution in [0.3, 0.4) is 0 Å². The Morgan fingerprint density at radius 2 is 1.67 bits per heavy atom. The molecule has 1 heterocycles. The third-order valence-electron chi connectivity index (χ3n) is 3.19. The number of hydrogen-bond acceptors (Lipinski definition) is 6. The van der Waals surface area contributed by atoms with E-state index in [-0.39, 0.29) is 5.92 Å². The van der Waals surface area contributed by atoms with Gasteiger partial charge in [0.25, 0.3) is 0 Å². The van der Waals surface area contributed by atoms with Gasteiger partial charge in [-0.05, 0) is 19.8 Å². The highest BCUT2D eigenvalue weighted by Crippen LogP contribution is 2.28. The van der Waals surface area contributed by atoms with Crippen molar-refractivity contribution in [1.82, 2.24) is 9.97 Å². The minimum atomic E-state index is 0.267. The highest BCUT2D eigenvalue weighted by atomic mass is 16.5. The molecule has 0 saturated heterocycles. The van der Waals surface area contributed by atoms with Crippen LogP contribution in [-0.2, 0) is 9.47 Å². The van der Waals surface area contributed by atoms with Gasteiger partial charge in [-0.3, -0.25) is 0 Å². The largest absolute Gasteiger partial charge is 0.383 e. The van der Waals surface area contributed by atoms with Gasteiger partial charge in [0.1, 0.15) is 18.0 Å². The first-order valence-electron chi connectivity index (χ1n) is 7.62. The van der Waals surface area contributed by atoms with Crippen LogP contribution >= 0.6 is 0 Å². The van der Waals surface area contributed by atoms with Crippen molar-refractivity contribution in [3.05, 3.63) is 11.9 Å². The first-order chi connectivity index (χ1) is 10.1. The number of aromatic nitrogens is 2. The number of anilines is 2. The molecule has 1 aromatic rings. The topological polar surface area (TPSA) is 73.5 Å². The number of nitrogens with zero attached hydrogens (tertiary/aromatic N) is 3. The molecule has 2 N–H and O–H groups in total. The van der Waals surface area contributed by atoms with Crippen LogP contribution in [0.2, 0.25) is 0 Å². The fourth-order valence-electron chi connectivity index (χ4n) is 2.17. The maximum atomic E-state index is 6.03. The summed E-state index contributed by atoms with van der Waals surface area (Å²) in [6.45, 7) is 12.4. The Balaban J connectivity index is 2.92. The van der Waals surface area contributed by atoms with Crippen molar-refractivity contribution in [3.8, 4) is 0 Å². The number of rotatable bonds is 10. The van der Waals surface area contributed by atoms with Crippen molar-refractivity contribution in [2.45, 2.75) is 33.6 Å². The Hall–Kier alpha value is -1.40. The van der Waals surface area contributed by atoms with Gasteiger partial charge in [0.15, 0.2) is 0 Å². The zero-order valence-corrected chi connectivity index (χ0v) is 13.6. The molecule has 21 heavy (non-hydrogen) atoms. The van der Waals surface area contributed by atoms with Gasteiger partial charge >= 0.3 is 0 Å². The van der Waals surface area contributed by atoms with Crippen molar-refractivity contribution < 1.29 is 9.47 Å². The van der Waals surface area contributed by atoms with E-state index in [1.807, 2.05) is 13.8 Å². The van der Waals surface area contributed by atoms with Gasteiger partial charge in [-0.2, -0.15) is 0 Å². The van der Waals surface area contributed by atoms with Crippen LogP contribution in [-0.4, -0.2) is 49.5 Å². The molecule has 0 radical (unpaired) electrons. The Morgan fingerprint density at radius 1 is 1.10 bits per heavy atom. The minimum absolute atomic E-state index is 0.267. The molecule has 120 valence electrons. The van der Waals surface area contributed by atoms with E-state index in [9.17, 15) is 0 Å². The van der Waals surface area contributed by atoms with E-state index in [0.717, 1.165) is 24.5 Å². The maximum absolute atomic E-state index is 6.03. The summed E-state index contributed by atoms with van der Waals surface area (Å²) in [7, 11) is 0. The lowest BCUT2D eigenvalue weighted by Crippen LogP contribution is -2.33. The monoisotopic (exact) mass is 296 g/mol. The molecule has 0 fully saturated rings. The van der Waals surface area contributed by atoms with Gasteiger partial charge in [-0.25, -0.2) is 9.97 Å². The molecule has 6 heteroatoms. The van der Waals surface area contributed by atoms with Gasteiger partial charge in [-0.1, -0.05) is 13.8 Å². The predicted octanol–water partition coefficient (Wildman–Crippen LogP) is 2.06. The van der Waals surface area contributed by atoms with Crippen LogP contribution in [0.15, 0.2) is 6.33 Å². The molecule has 0 atom stereocenters. The summed E-state index contributed by atoms with van der Waals surface area (Å²) in [5, 5.41) is 0. The minimum Gasteiger partial charge on any atom is -0.383 e. The molecule has 0 saturated carbocycles. The van der Waals surface area contributed by atoms with E-state index in [0.29, 0.717) is 32.2 Å². The average molecular weight is 296 g/mol. The summed E-state index contributed by atoms with van der Waals surface area (Å²) >= 11 is 0. The molecular weight excluding hydrogens is 268 g/mol. The van der Waals surface area contributed by atoms with E-state index >= 15 is 0 Å².